The number of anilines is 2. The Bertz CT molecular complexity index is 776. The van der Waals surface area contributed by atoms with E-state index in [1.165, 1.54) is 30.3 Å². The van der Waals surface area contributed by atoms with Crippen LogP contribution in [0.5, 0.6) is 5.75 Å². The van der Waals surface area contributed by atoms with Crippen molar-refractivity contribution < 1.29 is 18.7 Å². The minimum absolute atomic E-state index is 0.0238. The zero-order chi connectivity index (χ0) is 16.8. The Labute approximate surface area is 130 Å². The van der Waals surface area contributed by atoms with Crippen LogP contribution in [-0.4, -0.2) is 11.0 Å². The number of benzene rings is 2. The highest BCUT2D eigenvalue weighted by molar-refractivity contribution is 6.06. The van der Waals surface area contributed by atoms with Crippen molar-refractivity contribution in [3.8, 4) is 11.8 Å². The maximum absolute atomic E-state index is 13.5. The van der Waals surface area contributed by atoms with E-state index in [-0.39, 0.29) is 11.3 Å². The third kappa shape index (κ3) is 4.04. The highest BCUT2D eigenvalue weighted by atomic mass is 19.1. The van der Waals surface area contributed by atoms with Crippen molar-refractivity contribution in [2.75, 3.05) is 10.6 Å². The van der Waals surface area contributed by atoms with Crippen LogP contribution in [0.1, 0.15) is 0 Å². The summed E-state index contributed by atoms with van der Waals surface area (Å²) in [6.07, 6.45) is 0.914. The number of amides is 1. The fraction of sp³-hybridized carbons (Fsp3) is 0. The summed E-state index contributed by atoms with van der Waals surface area (Å²) in [5.41, 5.74) is -0.482. The zero-order valence-corrected chi connectivity index (χ0v) is 11.7. The van der Waals surface area contributed by atoms with Crippen molar-refractivity contribution in [1.82, 2.24) is 0 Å². The van der Waals surface area contributed by atoms with Crippen molar-refractivity contribution in [2.24, 2.45) is 0 Å². The molecular formula is C16H11F2N3O2. The van der Waals surface area contributed by atoms with Crippen LogP contribution in [0.25, 0.3) is 0 Å². The van der Waals surface area contributed by atoms with Crippen LogP contribution in [0.4, 0.5) is 20.2 Å². The van der Waals surface area contributed by atoms with Crippen molar-refractivity contribution in [1.29, 1.82) is 5.26 Å². The number of aromatic hydroxyl groups is 1. The number of carbonyl (C=O) groups excluding carboxylic acids is 1. The van der Waals surface area contributed by atoms with Gasteiger partial charge in [-0.3, -0.25) is 4.79 Å². The smallest absolute Gasteiger partial charge is 0.267 e. The number of halogens is 2. The molecule has 0 aliphatic heterocycles. The van der Waals surface area contributed by atoms with E-state index < -0.39 is 23.2 Å². The molecule has 0 atom stereocenters. The van der Waals surface area contributed by atoms with Gasteiger partial charge in [0.15, 0.2) is 0 Å². The molecule has 0 aromatic heterocycles. The van der Waals surface area contributed by atoms with Crippen molar-refractivity contribution >= 4 is 17.3 Å². The van der Waals surface area contributed by atoms with Gasteiger partial charge in [-0.25, -0.2) is 8.78 Å². The molecule has 0 bridgehead atoms. The van der Waals surface area contributed by atoms with E-state index in [0.29, 0.717) is 5.69 Å². The summed E-state index contributed by atoms with van der Waals surface area (Å²) in [5, 5.41) is 22.8. The van der Waals surface area contributed by atoms with Crippen molar-refractivity contribution in [3.05, 3.63) is 65.9 Å². The second kappa shape index (κ2) is 7.04. The lowest BCUT2D eigenvalue weighted by atomic mass is 10.2. The third-order valence-corrected chi connectivity index (χ3v) is 2.81. The number of phenols is 1. The summed E-state index contributed by atoms with van der Waals surface area (Å²) in [7, 11) is 0. The molecule has 0 aliphatic rings. The quantitative estimate of drug-likeness (QED) is 0.460. The molecule has 2 aromatic rings. The summed E-state index contributed by atoms with van der Waals surface area (Å²) in [4.78, 5) is 11.9. The van der Waals surface area contributed by atoms with E-state index in [0.717, 1.165) is 18.3 Å². The van der Waals surface area contributed by atoms with Crippen LogP contribution in [0.15, 0.2) is 54.2 Å². The number of nitriles is 1. The van der Waals surface area contributed by atoms with Crippen LogP contribution >= 0.6 is 0 Å². The van der Waals surface area contributed by atoms with Gasteiger partial charge < -0.3 is 15.7 Å². The molecule has 5 nitrogen and oxygen atoms in total. The molecule has 0 radical (unpaired) electrons. The number of nitrogens with zero attached hydrogens (tertiary/aromatic N) is 1. The summed E-state index contributed by atoms with van der Waals surface area (Å²) >= 11 is 0. The van der Waals surface area contributed by atoms with Crippen LogP contribution in [-0.2, 0) is 4.79 Å². The molecule has 0 fully saturated rings. The normalized spacial score (nSPS) is 10.7. The second-order valence-corrected chi connectivity index (χ2v) is 4.41. The van der Waals surface area contributed by atoms with Gasteiger partial charge in [0, 0.05) is 11.9 Å². The predicted molar refractivity (Wildman–Crippen MR) is 80.4 cm³/mol. The number of phenolic OH excluding ortho intramolecular Hbond substituents is 1. The van der Waals surface area contributed by atoms with Gasteiger partial charge in [-0.05, 0) is 36.4 Å². The SMILES string of the molecule is N#C/C(=C/Nc1c(F)cccc1F)C(=O)Nc1ccc(O)cc1. The second-order valence-electron chi connectivity index (χ2n) is 4.41. The molecule has 0 aliphatic carbocycles. The maximum atomic E-state index is 13.5. The number of rotatable bonds is 4. The fourth-order valence-corrected chi connectivity index (χ4v) is 1.67. The van der Waals surface area contributed by atoms with E-state index in [1.807, 2.05) is 0 Å². The van der Waals surface area contributed by atoms with Crippen molar-refractivity contribution in [2.45, 2.75) is 0 Å². The first-order chi connectivity index (χ1) is 11.0. The molecule has 0 unspecified atom stereocenters. The average Bonchev–Trinajstić information content (AvgIpc) is 2.52. The largest absolute Gasteiger partial charge is 0.508 e. The van der Waals surface area contributed by atoms with Gasteiger partial charge in [0.25, 0.3) is 5.91 Å². The Morgan fingerprint density at radius 1 is 1.13 bits per heavy atom. The highest BCUT2D eigenvalue weighted by Crippen LogP contribution is 2.18. The van der Waals surface area contributed by atoms with E-state index >= 15 is 0 Å². The predicted octanol–water partition coefficient (Wildman–Crippen LogP) is 3.13. The number of hydrogen-bond acceptors (Lipinski definition) is 4. The van der Waals surface area contributed by atoms with E-state index in [4.69, 9.17) is 10.4 Å². The topological polar surface area (TPSA) is 85.2 Å². The van der Waals surface area contributed by atoms with E-state index in [1.54, 1.807) is 6.07 Å². The van der Waals surface area contributed by atoms with Crippen LogP contribution in [0, 0.1) is 23.0 Å². The molecule has 0 saturated heterocycles. The Balaban J connectivity index is 2.14. The van der Waals surface area contributed by atoms with Gasteiger partial charge in [0.05, 0.1) is 0 Å². The molecule has 1 amide bonds. The summed E-state index contributed by atoms with van der Waals surface area (Å²) in [5.74, 6) is -2.44. The molecule has 0 spiro atoms. The molecule has 116 valence electrons. The van der Waals surface area contributed by atoms with E-state index in [2.05, 4.69) is 10.6 Å². The van der Waals surface area contributed by atoms with E-state index in [9.17, 15) is 13.6 Å². The van der Waals surface area contributed by atoms with Crippen LogP contribution < -0.4 is 10.6 Å². The molecule has 7 heteroatoms. The summed E-state index contributed by atoms with van der Waals surface area (Å²) in [6.45, 7) is 0. The molecular weight excluding hydrogens is 304 g/mol. The first kappa shape index (κ1) is 16.0. The van der Waals surface area contributed by atoms with Crippen LogP contribution in [0.2, 0.25) is 0 Å². The number of para-hydroxylation sites is 1. The first-order valence-corrected chi connectivity index (χ1v) is 6.42. The highest BCUT2D eigenvalue weighted by Gasteiger charge is 2.11. The lowest BCUT2D eigenvalue weighted by Gasteiger charge is -2.06. The van der Waals surface area contributed by atoms with Crippen molar-refractivity contribution in [3.63, 3.8) is 0 Å². The monoisotopic (exact) mass is 315 g/mol. The molecule has 2 aromatic carbocycles. The number of nitrogens with one attached hydrogen (secondary N) is 2. The van der Waals surface area contributed by atoms with Gasteiger partial charge in [0.1, 0.15) is 34.7 Å². The molecule has 2 rings (SSSR count). The van der Waals surface area contributed by atoms with Gasteiger partial charge in [0.2, 0.25) is 0 Å². The standard InChI is InChI=1S/C16H11F2N3O2/c17-13-2-1-3-14(18)15(13)20-9-10(8-19)16(23)21-11-4-6-12(22)7-5-11/h1-7,9,20,22H,(H,21,23)/b10-9-. The average molecular weight is 315 g/mol. The van der Waals surface area contributed by atoms with Gasteiger partial charge in [-0.1, -0.05) is 6.07 Å². The molecule has 0 heterocycles. The zero-order valence-electron chi connectivity index (χ0n) is 11.7. The summed E-state index contributed by atoms with van der Waals surface area (Å²) < 4.78 is 26.9. The van der Waals surface area contributed by atoms with Crippen LogP contribution in [0.3, 0.4) is 0 Å². The molecule has 0 saturated carbocycles. The third-order valence-electron chi connectivity index (χ3n) is 2.81. The van der Waals surface area contributed by atoms with Gasteiger partial charge in [-0.15, -0.1) is 0 Å². The molecule has 23 heavy (non-hydrogen) atoms. The Morgan fingerprint density at radius 3 is 2.30 bits per heavy atom. The van der Waals surface area contributed by atoms with Gasteiger partial charge in [-0.2, -0.15) is 5.26 Å². The Hall–Kier alpha value is -3.40. The lowest BCUT2D eigenvalue weighted by Crippen LogP contribution is -2.14. The number of carbonyl (C=O) groups is 1. The minimum atomic E-state index is -0.850. The maximum Gasteiger partial charge on any atom is 0.267 e. The Morgan fingerprint density at radius 2 is 1.74 bits per heavy atom. The fourth-order valence-electron chi connectivity index (χ4n) is 1.67. The lowest BCUT2D eigenvalue weighted by molar-refractivity contribution is -0.112. The Kier molecular flexibility index (Phi) is 4.89. The van der Waals surface area contributed by atoms with Gasteiger partial charge >= 0.3 is 0 Å². The molecule has 3 N–H and O–H groups in total. The minimum Gasteiger partial charge on any atom is -0.508 e. The number of hydrogen-bond donors (Lipinski definition) is 3. The summed E-state index contributed by atoms with van der Waals surface area (Å²) in [6, 6.07) is 10.5. The first-order valence-electron chi connectivity index (χ1n) is 6.42.